The smallest absolute Gasteiger partial charge is 0.255 e. The standard InChI is InChI=1S/C25H26ClN3O3/c1-15-9-11-29(12-10-15)22-21(23(30)24(22)31)27-14-17-4-6-18(7-5-17)25(32)28-19-8-3-16(2)20(26)13-19/h3-8,13,15,27H,9-12,14H2,1-2H3,(H,28,32). The summed E-state index contributed by atoms with van der Waals surface area (Å²) >= 11 is 6.12. The van der Waals surface area contributed by atoms with E-state index in [-0.39, 0.29) is 5.91 Å². The number of carbonyl (C=O) groups excluding carboxylic acids is 1. The summed E-state index contributed by atoms with van der Waals surface area (Å²) in [5.41, 5.74) is 3.08. The molecule has 32 heavy (non-hydrogen) atoms. The van der Waals surface area contributed by atoms with Crippen LogP contribution in [0.25, 0.3) is 0 Å². The van der Waals surface area contributed by atoms with Gasteiger partial charge < -0.3 is 15.5 Å². The average molecular weight is 452 g/mol. The van der Waals surface area contributed by atoms with Crippen molar-refractivity contribution >= 4 is 34.6 Å². The first kappa shape index (κ1) is 22.1. The SMILES string of the molecule is Cc1ccc(NC(=O)c2ccc(CNc3c(N4CCC(C)CC4)c(=O)c3=O)cc2)cc1Cl. The van der Waals surface area contributed by atoms with E-state index in [2.05, 4.69) is 17.6 Å². The molecule has 0 radical (unpaired) electrons. The van der Waals surface area contributed by atoms with Crippen LogP contribution in [0.5, 0.6) is 0 Å². The Balaban J connectivity index is 1.38. The lowest BCUT2D eigenvalue weighted by molar-refractivity contribution is 0.102. The summed E-state index contributed by atoms with van der Waals surface area (Å²) in [5.74, 6) is 0.418. The highest BCUT2D eigenvalue weighted by atomic mass is 35.5. The highest BCUT2D eigenvalue weighted by molar-refractivity contribution is 6.31. The first-order chi connectivity index (χ1) is 15.3. The predicted molar refractivity (Wildman–Crippen MR) is 130 cm³/mol. The van der Waals surface area contributed by atoms with E-state index in [0.29, 0.717) is 40.1 Å². The molecule has 2 N–H and O–H groups in total. The fourth-order valence-electron chi connectivity index (χ4n) is 3.92. The topological polar surface area (TPSA) is 78.5 Å². The number of aryl methyl sites for hydroxylation is 1. The average Bonchev–Trinajstić information content (AvgIpc) is 2.79. The third-order valence-electron chi connectivity index (χ3n) is 6.10. The number of halogens is 1. The molecular formula is C25H26ClN3O3. The zero-order valence-corrected chi connectivity index (χ0v) is 19.0. The number of piperidine rings is 1. The van der Waals surface area contributed by atoms with Crippen LogP contribution in [0, 0.1) is 12.8 Å². The minimum absolute atomic E-state index is 0.228. The van der Waals surface area contributed by atoms with Crippen LogP contribution in [0.2, 0.25) is 5.02 Å². The summed E-state index contributed by atoms with van der Waals surface area (Å²) in [6.45, 7) is 6.11. The second kappa shape index (κ2) is 9.17. The Bertz CT molecular complexity index is 1200. The molecule has 3 aromatic rings. The van der Waals surface area contributed by atoms with Crippen molar-refractivity contribution in [2.45, 2.75) is 33.2 Å². The molecule has 1 amide bonds. The maximum absolute atomic E-state index is 12.5. The van der Waals surface area contributed by atoms with E-state index in [1.165, 1.54) is 0 Å². The minimum atomic E-state index is -0.452. The van der Waals surface area contributed by atoms with Crippen LogP contribution in [-0.4, -0.2) is 19.0 Å². The molecule has 4 rings (SSSR count). The number of nitrogens with zero attached hydrogens (tertiary/aromatic N) is 1. The van der Waals surface area contributed by atoms with Gasteiger partial charge in [0.25, 0.3) is 16.8 Å². The molecular weight excluding hydrogens is 426 g/mol. The van der Waals surface area contributed by atoms with Gasteiger partial charge in [-0.2, -0.15) is 0 Å². The molecule has 0 saturated carbocycles. The van der Waals surface area contributed by atoms with Gasteiger partial charge in [-0.15, -0.1) is 0 Å². The van der Waals surface area contributed by atoms with Crippen LogP contribution in [0.1, 0.15) is 41.3 Å². The summed E-state index contributed by atoms with van der Waals surface area (Å²) in [7, 11) is 0. The van der Waals surface area contributed by atoms with Gasteiger partial charge in [-0.25, -0.2) is 0 Å². The van der Waals surface area contributed by atoms with Gasteiger partial charge in [0, 0.05) is 35.9 Å². The van der Waals surface area contributed by atoms with E-state index in [1.54, 1.807) is 18.2 Å². The second-order valence-corrected chi connectivity index (χ2v) is 8.93. The normalized spacial score (nSPS) is 14.5. The van der Waals surface area contributed by atoms with Crippen molar-refractivity contribution in [2.24, 2.45) is 5.92 Å². The molecule has 1 heterocycles. The number of hydrogen-bond donors (Lipinski definition) is 2. The lowest BCUT2D eigenvalue weighted by Gasteiger charge is -2.33. The third-order valence-corrected chi connectivity index (χ3v) is 6.51. The molecule has 0 unspecified atom stereocenters. The largest absolute Gasteiger partial charge is 0.376 e. The van der Waals surface area contributed by atoms with Crippen LogP contribution in [0.15, 0.2) is 52.1 Å². The van der Waals surface area contributed by atoms with Crippen molar-refractivity contribution in [3.8, 4) is 0 Å². The van der Waals surface area contributed by atoms with Gasteiger partial charge in [-0.1, -0.05) is 36.7 Å². The molecule has 0 atom stereocenters. The predicted octanol–water partition coefficient (Wildman–Crippen LogP) is 4.35. The van der Waals surface area contributed by atoms with Crippen molar-refractivity contribution < 1.29 is 4.79 Å². The van der Waals surface area contributed by atoms with Gasteiger partial charge in [0.15, 0.2) is 0 Å². The van der Waals surface area contributed by atoms with Crippen LogP contribution >= 0.6 is 11.6 Å². The van der Waals surface area contributed by atoms with E-state index in [4.69, 9.17) is 11.6 Å². The van der Waals surface area contributed by atoms with Gasteiger partial charge in [0.1, 0.15) is 11.4 Å². The number of benzene rings is 2. The Morgan fingerprint density at radius 2 is 1.75 bits per heavy atom. The van der Waals surface area contributed by atoms with Gasteiger partial charge in [-0.05, 0) is 61.1 Å². The Morgan fingerprint density at radius 1 is 1.06 bits per heavy atom. The van der Waals surface area contributed by atoms with Crippen molar-refractivity contribution in [3.63, 3.8) is 0 Å². The van der Waals surface area contributed by atoms with Crippen molar-refractivity contribution in [2.75, 3.05) is 28.6 Å². The van der Waals surface area contributed by atoms with E-state index < -0.39 is 10.9 Å². The fourth-order valence-corrected chi connectivity index (χ4v) is 4.10. The zero-order chi connectivity index (χ0) is 22.8. The summed E-state index contributed by atoms with van der Waals surface area (Å²) < 4.78 is 0. The van der Waals surface area contributed by atoms with Gasteiger partial charge in [-0.3, -0.25) is 14.4 Å². The Morgan fingerprint density at radius 3 is 2.41 bits per heavy atom. The molecule has 6 nitrogen and oxygen atoms in total. The molecule has 0 aromatic heterocycles. The highest BCUT2D eigenvalue weighted by Gasteiger charge is 2.28. The first-order valence-corrected chi connectivity index (χ1v) is 11.2. The molecule has 0 spiro atoms. The van der Waals surface area contributed by atoms with E-state index in [0.717, 1.165) is 37.1 Å². The summed E-state index contributed by atoms with van der Waals surface area (Å²) in [5, 5.41) is 6.56. The summed E-state index contributed by atoms with van der Waals surface area (Å²) in [4.78, 5) is 38.8. The lowest BCUT2D eigenvalue weighted by atomic mass is 9.98. The molecule has 7 heteroatoms. The summed E-state index contributed by atoms with van der Waals surface area (Å²) in [6.07, 6.45) is 2.05. The van der Waals surface area contributed by atoms with Crippen LogP contribution in [0.3, 0.4) is 0 Å². The number of anilines is 3. The van der Waals surface area contributed by atoms with E-state index in [1.807, 2.05) is 36.1 Å². The maximum atomic E-state index is 12.5. The molecule has 0 aliphatic carbocycles. The first-order valence-electron chi connectivity index (χ1n) is 10.8. The van der Waals surface area contributed by atoms with Crippen LogP contribution in [-0.2, 0) is 6.54 Å². The fraction of sp³-hybridized carbons (Fsp3) is 0.320. The highest BCUT2D eigenvalue weighted by Crippen LogP contribution is 2.26. The maximum Gasteiger partial charge on any atom is 0.255 e. The molecule has 1 fully saturated rings. The monoisotopic (exact) mass is 451 g/mol. The number of rotatable bonds is 6. The Hall–Kier alpha value is -3.12. The minimum Gasteiger partial charge on any atom is -0.376 e. The molecule has 1 saturated heterocycles. The molecule has 3 aromatic carbocycles. The Kier molecular flexibility index (Phi) is 6.33. The molecule has 1 aliphatic heterocycles. The van der Waals surface area contributed by atoms with Crippen LogP contribution < -0.4 is 26.4 Å². The van der Waals surface area contributed by atoms with Crippen molar-refractivity contribution in [1.82, 2.24) is 0 Å². The zero-order valence-electron chi connectivity index (χ0n) is 18.2. The number of amides is 1. The molecule has 0 bridgehead atoms. The lowest BCUT2D eigenvalue weighted by Crippen LogP contribution is -2.45. The Labute approximate surface area is 191 Å². The van der Waals surface area contributed by atoms with Crippen molar-refractivity contribution in [3.05, 3.63) is 84.6 Å². The quantitative estimate of drug-likeness (QED) is 0.545. The number of hydrogen-bond acceptors (Lipinski definition) is 5. The van der Waals surface area contributed by atoms with Crippen molar-refractivity contribution in [1.29, 1.82) is 0 Å². The van der Waals surface area contributed by atoms with Gasteiger partial charge in [0.05, 0.1) is 0 Å². The van der Waals surface area contributed by atoms with Gasteiger partial charge >= 0.3 is 0 Å². The number of nitrogens with one attached hydrogen (secondary N) is 2. The van der Waals surface area contributed by atoms with E-state index in [9.17, 15) is 14.4 Å². The third kappa shape index (κ3) is 4.55. The van der Waals surface area contributed by atoms with Crippen LogP contribution in [0.4, 0.5) is 17.1 Å². The summed E-state index contributed by atoms with van der Waals surface area (Å²) in [6, 6.07) is 12.5. The molecule has 166 valence electrons. The van der Waals surface area contributed by atoms with E-state index >= 15 is 0 Å². The molecule has 1 aliphatic rings. The second-order valence-electron chi connectivity index (χ2n) is 8.52. The van der Waals surface area contributed by atoms with Gasteiger partial charge in [0.2, 0.25) is 0 Å². The number of carbonyl (C=O) groups is 1.